The molecule has 0 radical (unpaired) electrons. The Labute approximate surface area is 133 Å². The van der Waals surface area contributed by atoms with Crippen LogP contribution in [0.4, 0.5) is 8.78 Å². The second-order valence-electron chi connectivity index (χ2n) is 4.79. The van der Waals surface area contributed by atoms with Crippen molar-refractivity contribution < 1.29 is 23.0 Å². The van der Waals surface area contributed by atoms with Gasteiger partial charge < -0.3 is 14.8 Å². The molecule has 0 aliphatic rings. The number of benzene rings is 2. The van der Waals surface area contributed by atoms with Crippen LogP contribution < -0.4 is 14.8 Å². The van der Waals surface area contributed by atoms with Gasteiger partial charge >= 0.3 is 6.61 Å². The number of halogens is 2. The summed E-state index contributed by atoms with van der Waals surface area (Å²) in [6, 6.07) is 13.4. The van der Waals surface area contributed by atoms with Crippen molar-refractivity contribution in [1.82, 2.24) is 5.32 Å². The number of carbonyl (C=O) groups is 1. The van der Waals surface area contributed by atoms with Crippen LogP contribution in [-0.4, -0.2) is 19.6 Å². The first-order chi connectivity index (χ1) is 11.1. The van der Waals surface area contributed by atoms with Gasteiger partial charge in [-0.05, 0) is 23.8 Å². The van der Waals surface area contributed by atoms with Gasteiger partial charge in [-0.1, -0.05) is 30.3 Å². The number of methoxy groups -OCH3 is 1. The maximum Gasteiger partial charge on any atom is 0.387 e. The molecule has 4 nitrogen and oxygen atoms in total. The molecule has 1 amide bonds. The van der Waals surface area contributed by atoms with Gasteiger partial charge in [0.2, 0.25) is 5.91 Å². The Hall–Kier alpha value is -2.63. The molecule has 2 aromatic carbocycles. The molecular weight excluding hydrogens is 304 g/mol. The molecule has 0 unspecified atom stereocenters. The van der Waals surface area contributed by atoms with Crippen molar-refractivity contribution in [2.45, 2.75) is 19.6 Å². The molecule has 23 heavy (non-hydrogen) atoms. The van der Waals surface area contributed by atoms with Gasteiger partial charge in [-0.2, -0.15) is 8.78 Å². The molecule has 0 saturated heterocycles. The number of para-hydroxylation sites is 1. The first kappa shape index (κ1) is 16.7. The maximum atomic E-state index is 12.1. The Bertz CT molecular complexity index is 645. The van der Waals surface area contributed by atoms with E-state index in [1.54, 1.807) is 19.2 Å². The van der Waals surface area contributed by atoms with E-state index >= 15 is 0 Å². The summed E-state index contributed by atoms with van der Waals surface area (Å²) in [4.78, 5) is 11.9. The third-order valence-electron chi connectivity index (χ3n) is 3.18. The van der Waals surface area contributed by atoms with Crippen LogP contribution in [0, 0.1) is 0 Å². The predicted octanol–water partition coefficient (Wildman–Crippen LogP) is 3.16. The molecule has 0 saturated carbocycles. The van der Waals surface area contributed by atoms with Crippen LogP contribution >= 0.6 is 0 Å². The first-order valence-corrected chi connectivity index (χ1v) is 7.01. The molecule has 0 aliphatic carbocycles. The quantitative estimate of drug-likeness (QED) is 0.852. The van der Waals surface area contributed by atoms with Gasteiger partial charge in [0.1, 0.15) is 11.5 Å². The van der Waals surface area contributed by atoms with Gasteiger partial charge in [0.05, 0.1) is 13.5 Å². The Morgan fingerprint density at radius 2 is 1.83 bits per heavy atom. The number of carbonyl (C=O) groups excluding carboxylic acids is 1. The van der Waals surface area contributed by atoms with Crippen LogP contribution in [0.3, 0.4) is 0 Å². The van der Waals surface area contributed by atoms with E-state index in [9.17, 15) is 13.6 Å². The zero-order chi connectivity index (χ0) is 16.7. The number of nitrogens with one attached hydrogen (secondary N) is 1. The summed E-state index contributed by atoms with van der Waals surface area (Å²) in [6.07, 6.45) is 0.157. The van der Waals surface area contributed by atoms with E-state index in [0.29, 0.717) is 17.9 Å². The summed E-state index contributed by atoms with van der Waals surface area (Å²) >= 11 is 0. The minimum Gasteiger partial charge on any atom is -0.496 e. The smallest absolute Gasteiger partial charge is 0.387 e. The van der Waals surface area contributed by atoms with E-state index < -0.39 is 6.61 Å². The molecule has 0 atom stereocenters. The number of amides is 1. The van der Waals surface area contributed by atoms with Crippen molar-refractivity contribution >= 4 is 5.91 Å². The molecule has 6 heteroatoms. The molecule has 0 fully saturated rings. The molecule has 2 aromatic rings. The fraction of sp³-hybridized carbons (Fsp3) is 0.235. The standard InChI is InChI=1S/C17H17F2NO3/c1-22-15-5-3-2-4-13(15)11-20-16(21)10-12-6-8-14(9-7-12)23-17(18)19/h2-9,17H,10-11H2,1H3,(H,20,21). The molecule has 1 N–H and O–H groups in total. The second kappa shape index (κ2) is 8.12. The van der Waals surface area contributed by atoms with Crippen molar-refractivity contribution in [2.24, 2.45) is 0 Å². The monoisotopic (exact) mass is 321 g/mol. The lowest BCUT2D eigenvalue weighted by Crippen LogP contribution is -2.24. The Kier molecular flexibility index (Phi) is 5.91. The number of rotatable bonds is 7. The van der Waals surface area contributed by atoms with Gasteiger partial charge in [-0.25, -0.2) is 0 Å². The number of hydrogen-bond acceptors (Lipinski definition) is 3. The highest BCUT2D eigenvalue weighted by atomic mass is 19.3. The van der Waals surface area contributed by atoms with Gasteiger partial charge in [-0.15, -0.1) is 0 Å². The summed E-state index contributed by atoms with van der Waals surface area (Å²) in [7, 11) is 1.57. The van der Waals surface area contributed by atoms with Crippen LogP contribution in [-0.2, 0) is 17.8 Å². The molecule has 0 aromatic heterocycles. The highest BCUT2D eigenvalue weighted by molar-refractivity contribution is 5.78. The summed E-state index contributed by atoms with van der Waals surface area (Å²) in [5.41, 5.74) is 1.59. The van der Waals surface area contributed by atoms with E-state index in [4.69, 9.17) is 4.74 Å². The number of ether oxygens (including phenoxy) is 2. The lowest BCUT2D eigenvalue weighted by Gasteiger charge is -2.10. The number of hydrogen-bond donors (Lipinski definition) is 1. The zero-order valence-electron chi connectivity index (χ0n) is 12.6. The van der Waals surface area contributed by atoms with Gasteiger partial charge in [0, 0.05) is 12.1 Å². The Balaban J connectivity index is 1.87. The third-order valence-corrected chi connectivity index (χ3v) is 3.18. The summed E-state index contributed by atoms with van der Waals surface area (Å²) in [5.74, 6) is 0.609. The SMILES string of the molecule is COc1ccccc1CNC(=O)Cc1ccc(OC(F)F)cc1. The lowest BCUT2D eigenvalue weighted by atomic mass is 10.1. The fourth-order valence-corrected chi connectivity index (χ4v) is 2.08. The Morgan fingerprint density at radius 3 is 2.48 bits per heavy atom. The van der Waals surface area contributed by atoms with Crippen molar-refractivity contribution in [3.8, 4) is 11.5 Å². The van der Waals surface area contributed by atoms with Crippen molar-refractivity contribution in [1.29, 1.82) is 0 Å². The molecule has 0 spiro atoms. The topological polar surface area (TPSA) is 47.6 Å². The van der Waals surface area contributed by atoms with E-state index in [-0.39, 0.29) is 18.1 Å². The van der Waals surface area contributed by atoms with E-state index in [1.165, 1.54) is 12.1 Å². The minimum absolute atomic E-state index is 0.0678. The van der Waals surface area contributed by atoms with Crippen LogP contribution in [0.25, 0.3) is 0 Å². The van der Waals surface area contributed by atoms with Crippen LogP contribution in [0.5, 0.6) is 11.5 Å². The summed E-state index contributed by atoms with van der Waals surface area (Å²) in [6.45, 7) is -2.50. The van der Waals surface area contributed by atoms with Crippen molar-refractivity contribution in [3.05, 3.63) is 59.7 Å². The molecule has 2 rings (SSSR count). The average molecular weight is 321 g/mol. The van der Waals surface area contributed by atoms with Gasteiger partial charge in [-0.3, -0.25) is 4.79 Å². The normalized spacial score (nSPS) is 10.4. The highest BCUT2D eigenvalue weighted by Gasteiger charge is 2.08. The third kappa shape index (κ3) is 5.25. The molecular formula is C17H17F2NO3. The largest absolute Gasteiger partial charge is 0.496 e. The summed E-state index contributed by atoms with van der Waals surface area (Å²) < 4.78 is 33.6. The lowest BCUT2D eigenvalue weighted by molar-refractivity contribution is -0.120. The van der Waals surface area contributed by atoms with E-state index in [2.05, 4.69) is 10.1 Å². The van der Waals surface area contributed by atoms with E-state index in [1.807, 2.05) is 24.3 Å². The van der Waals surface area contributed by atoms with Crippen molar-refractivity contribution in [3.63, 3.8) is 0 Å². The van der Waals surface area contributed by atoms with Crippen LogP contribution in [0.1, 0.15) is 11.1 Å². The Morgan fingerprint density at radius 1 is 1.13 bits per heavy atom. The van der Waals surface area contributed by atoms with Gasteiger partial charge in [0.25, 0.3) is 0 Å². The van der Waals surface area contributed by atoms with Gasteiger partial charge in [0.15, 0.2) is 0 Å². The van der Waals surface area contributed by atoms with E-state index in [0.717, 1.165) is 5.56 Å². The first-order valence-electron chi connectivity index (χ1n) is 7.01. The van der Waals surface area contributed by atoms with Crippen LogP contribution in [0.2, 0.25) is 0 Å². The minimum atomic E-state index is -2.86. The average Bonchev–Trinajstić information content (AvgIpc) is 2.54. The molecule has 122 valence electrons. The summed E-state index contributed by atoms with van der Waals surface area (Å²) in [5, 5.41) is 2.80. The molecule has 0 bridgehead atoms. The predicted molar refractivity (Wildman–Crippen MR) is 81.6 cm³/mol. The maximum absolute atomic E-state index is 12.1. The number of alkyl halides is 2. The van der Waals surface area contributed by atoms with Crippen LogP contribution in [0.15, 0.2) is 48.5 Å². The van der Waals surface area contributed by atoms with Crippen molar-refractivity contribution in [2.75, 3.05) is 7.11 Å². The highest BCUT2D eigenvalue weighted by Crippen LogP contribution is 2.17. The zero-order valence-corrected chi connectivity index (χ0v) is 12.6. The molecule has 0 aliphatic heterocycles. The molecule has 0 heterocycles. The fourth-order valence-electron chi connectivity index (χ4n) is 2.08. The second-order valence-corrected chi connectivity index (χ2v) is 4.79.